The lowest BCUT2D eigenvalue weighted by atomic mass is 10.1. The van der Waals surface area contributed by atoms with Crippen LogP contribution in [0.15, 0.2) is 121 Å². The van der Waals surface area contributed by atoms with Gasteiger partial charge in [-0.05, 0) is 106 Å². The number of imide groups is 3. The van der Waals surface area contributed by atoms with Crippen molar-refractivity contribution in [3.05, 3.63) is 163 Å². The number of halogens is 8. The number of thiol groups is 1. The molecule has 30 heteroatoms. The number of carbonyl (C=O) groups excluding carboxylic acids is 7. The molecule has 0 spiro atoms. The molecule has 21 nitrogen and oxygen atoms in total. The number of aromatic nitrogens is 4. The molecule has 0 aliphatic carbocycles. The lowest BCUT2D eigenvalue weighted by Crippen LogP contribution is -2.45. The number of nitro benzene ring substituents is 1. The summed E-state index contributed by atoms with van der Waals surface area (Å²) in [5, 5.41) is 21.5. The number of imidazole rings is 1. The van der Waals surface area contributed by atoms with E-state index in [2.05, 4.69) is 39.9 Å². The Bertz CT molecular complexity index is 3350. The van der Waals surface area contributed by atoms with Crippen LogP contribution in [0.5, 0.6) is 0 Å². The van der Waals surface area contributed by atoms with Crippen LogP contribution in [-0.4, -0.2) is 95.0 Å². The van der Waals surface area contributed by atoms with Gasteiger partial charge < -0.3 is 19.9 Å². The van der Waals surface area contributed by atoms with Gasteiger partial charge in [-0.2, -0.15) is 18.3 Å². The number of amides is 9. The molecular weight excluding hydrogens is 1230 g/mol. The fourth-order valence-electron chi connectivity index (χ4n) is 7.25. The smallest absolute Gasteiger partial charge is 0.423 e. The molecule has 2 aromatic heterocycles. The Hall–Kier alpha value is -7.68. The van der Waals surface area contributed by atoms with Crippen LogP contribution in [0.4, 0.5) is 56.0 Å². The van der Waals surface area contributed by atoms with Gasteiger partial charge in [0.1, 0.15) is 24.7 Å². The van der Waals surface area contributed by atoms with Crippen LogP contribution in [0, 0.1) is 29.9 Å². The van der Waals surface area contributed by atoms with Crippen molar-refractivity contribution in [1.82, 2.24) is 29.5 Å². The van der Waals surface area contributed by atoms with E-state index in [1.807, 2.05) is 62.1 Å². The molecule has 448 valence electrons. The molecule has 84 heavy (non-hydrogen) atoms. The largest absolute Gasteiger partial charge is 0.428 e. The number of hydrogen-bond donors (Lipinski definition) is 3. The number of urea groups is 2. The Labute approximate surface area is 510 Å². The van der Waals surface area contributed by atoms with E-state index in [-0.39, 0.29) is 41.4 Å². The van der Waals surface area contributed by atoms with E-state index in [1.165, 1.54) is 49.4 Å². The van der Waals surface area contributed by atoms with Gasteiger partial charge in [0, 0.05) is 75.6 Å². The SMILES string of the molecule is C=CC1(C)OC(=O)N(c2cc(Cl)cc(Cl)c2)C1=O.CC(C)C(=O)Nc1ccc([N+](=O)[O-])c(C(F)(F)F)c1.CC(C)NC(=O)N1CC(=O)N(c2cc(Cl)cc(Cl)c2)C1=O.Cc1cccc(C)c1N(Cn1cccn1)C(=O)CCl.Cn1ccnc1S. The van der Waals surface area contributed by atoms with E-state index in [4.69, 9.17) is 62.7 Å². The maximum Gasteiger partial charge on any atom is 0.423 e. The molecule has 2 aliphatic heterocycles. The molecule has 9 amide bonds. The molecule has 1 unspecified atom stereocenters. The summed E-state index contributed by atoms with van der Waals surface area (Å²) in [6.45, 7) is 15.6. The van der Waals surface area contributed by atoms with Crippen molar-refractivity contribution in [2.24, 2.45) is 13.0 Å². The predicted molar refractivity (Wildman–Crippen MR) is 317 cm³/mol. The van der Waals surface area contributed by atoms with Gasteiger partial charge in [-0.3, -0.25) is 38.9 Å². The molecule has 6 aromatic rings. The number of alkyl halides is 4. The van der Waals surface area contributed by atoms with Crippen LogP contribution >= 0.6 is 70.6 Å². The highest BCUT2D eigenvalue weighted by atomic mass is 35.5. The van der Waals surface area contributed by atoms with Gasteiger partial charge in [-0.25, -0.2) is 34.1 Å². The molecule has 1 atom stereocenters. The molecule has 2 fully saturated rings. The number of cyclic esters (lactones) is 1. The Morgan fingerprint density at radius 3 is 1.86 bits per heavy atom. The zero-order valence-corrected chi connectivity index (χ0v) is 50.6. The minimum Gasteiger partial charge on any atom is -0.428 e. The molecule has 2 N–H and O–H groups in total. The molecule has 2 aliphatic rings. The Balaban J connectivity index is 0.000000231. The number of carbonyl (C=O) groups is 7. The second kappa shape index (κ2) is 30.2. The number of aryl methyl sites for hydroxylation is 3. The van der Waals surface area contributed by atoms with Crippen molar-refractivity contribution >= 4 is 141 Å². The van der Waals surface area contributed by atoms with Crippen LogP contribution < -0.4 is 25.3 Å². The Morgan fingerprint density at radius 2 is 1.44 bits per heavy atom. The fraction of sp³-hybridized carbons (Fsp3) is 0.278. The van der Waals surface area contributed by atoms with E-state index >= 15 is 0 Å². The first-order valence-electron chi connectivity index (χ1n) is 24.5. The first kappa shape index (κ1) is 68.8. The summed E-state index contributed by atoms with van der Waals surface area (Å²) >= 11 is 33.1. The number of para-hydroxylation sites is 1. The summed E-state index contributed by atoms with van der Waals surface area (Å²) in [4.78, 5) is 101. The van der Waals surface area contributed by atoms with Crippen molar-refractivity contribution in [3.8, 4) is 0 Å². The number of nitrogens with zero attached hydrogens (tertiary/aromatic N) is 9. The maximum atomic E-state index is 12.7. The maximum absolute atomic E-state index is 12.7. The van der Waals surface area contributed by atoms with Crippen LogP contribution in [-0.2, 0) is 43.8 Å². The summed E-state index contributed by atoms with van der Waals surface area (Å²) < 4.78 is 46.5. The highest BCUT2D eigenvalue weighted by Crippen LogP contribution is 2.38. The summed E-state index contributed by atoms with van der Waals surface area (Å²) in [5.74, 6) is -2.10. The van der Waals surface area contributed by atoms with Gasteiger partial charge >= 0.3 is 24.3 Å². The van der Waals surface area contributed by atoms with Gasteiger partial charge in [0.25, 0.3) is 17.5 Å². The number of benzene rings is 4. The van der Waals surface area contributed by atoms with Crippen molar-refractivity contribution < 1.29 is 56.4 Å². The first-order chi connectivity index (χ1) is 39.2. The zero-order valence-electron chi connectivity index (χ0n) is 46.0. The minimum absolute atomic E-state index is 0.0466. The lowest BCUT2D eigenvalue weighted by Gasteiger charge is -2.25. The lowest BCUT2D eigenvalue weighted by molar-refractivity contribution is -0.388. The molecular formula is C54H55Cl5F3N11O10S. The van der Waals surface area contributed by atoms with E-state index < -0.39 is 69.7 Å². The highest BCUT2D eigenvalue weighted by Gasteiger charge is 2.49. The fourth-order valence-corrected chi connectivity index (χ4v) is 8.56. The second-order valence-corrected chi connectivity index (χ2v) is 21.0. The van der Waals surface area contributed by atoms with E-state index in [1.54, 1.807) is 49.7 Å². The van der Waals surface area contributed by atoms with Crippen molar-refractivity contribution in [2.75, 3.05) is 32.4 Å². The molecule has 0 bridgehead atoms. The van der Waals surface area contributed by atoms with Gasteiger partial charge in [0.2, 0.25) is 17.4 Å². The summed E-state index contributed by atoms with van der Waals surface area (Å²) in [6.07, 6.45) is 2.71. The Morgan fingerprint density at radius 1 is 0.881 bits per heavy atom. The summed E-state index contributed by atoms with van der Waals surface area (Å²) in [6, 6.07) is 17.4. The van der Waals surface area contributed by atoms with Gasteiger partial charge in [-0.15, -0.1) is 24.2 Å². The van der Waals surface area contributed by atoms with E-state index in [0.29, 0.717) is 32.8 Å². The topological polar surface area (TPSA) is 245 Å². The molecule has 2 saturated heterocycles. The van der Waals surface area contributed by atoms with Crippen LogP contribution in [0.1, 0.15) is 51.3 Å². The molecule has 4 heterocycles. The van der Waals surface area contributed by atoms with Crippen LogP contribution in [0.25, 0.3) is 0 Å². The predicted octanol–water partition coefficient (Wildman–Crippen LogP) is 12.9. The summed E-state index contributed by atoms with van der Waals surface area (Å²) in [7, 11) is 1.90. The molecule has 4 aromatic carbocycles. The molecule has 0 saturated carbocycles. The van der Waals surface area contributed by atoms with Gasteiger partial charge in [0.15, 0.2) is 5.16 Å². The number of anilines is 4. The molecule has 8 rings (SSSR count). The number of nitrogens with one attached hydrogen (secondary N) is 2. The third-order valence-electron chi connectivity index (χ3n) is 11.4. The van der Waals surface area contributed by atoms with Gasteiger partial charge in [0.05, 0.1) is 22.0 Å². The van der Waals surface area contributed by atoms with Crippen molar-refractivity contribution in [1.29, 1.82) is 0 Å². The third kappa shape index (κ3) is 18.7. The highest BCUT2D eigenvalue weighted by molar-refractivity contribution is 7.80. The average Bonchev–Trinajstić information content (AvgIpc) is 3.06. The number of nitro groups is 1. The van der Waals surface area contributed by atoms with Crippen LogP contribution in [0.2, 0.25) is 20.1 Å². The van der Waals surface area contributed by atoms with E-state index in [9.17, 15) is 56.8 Å². The van der Waals surface area contributed by atoms with Crippen LogP contribution in [0.3, 0.4) is 0 Å². The number of rotatable bonds is 11. The molecule has 0 radical (unpaired) electrons. The summed E-state index contributed by atoms with van der Waals surface area (Å²) in [5.41, 5.74) is -0.410. The van der Waals surface area contributed by atoms with Crippen molar-refractivity contribution in [2.45, 2.75) is 78.1 Å². The number of ether oxygens (including phenoxy) is 1. The first-order valence-corrected chi connectivity index (χ1v) is 27.0. The second-order valence-electron chi connectivity index (χ2n) is 18.6. The quantitative estimate of drug-likeness (QED) is 0.0274. The van der Waals surface area contributed by atoms with Crippen molar-refractivity contribution in [3.63, 3.8) is 0 Å². The minimum atomic E-state index is -4.86. The average molecular weight is 1280 g/mol. The number of hydrogen-bond acceptors (Lipinski definition) is 13. The monoisotopic (exact) mass is 1280 g/mol. The van der Waals surface area contributed by atoms with Gasteiger partial charge in [-0.1, -0.05) is 85.0 Å². The zero-order chi connectivity index (χ0) is 63.1. The van der Waals surface area contributed by atoms with E-state index in [0.717, 1.165) is 48.8 Å². The third-order valence-corrected chi connectivity index (χ3v) is 12.9. The Kier molecular flexibility index (Phi) is 24.8. The standard InChI is InChI=1S/C14H16ClN3O.C13H13Cl2N3O3.C12H9Cl2NO3.C11H11F3N2O3.C4H6N2S/c1-11-5-3-6-12(2)14(11)18(13(19)9-15)10-17-8-4-7-16-17;1-7(2)16-12(20)17-6-11(19)18(13(17)21)10-4-8(14)3-9(15)5-10;1-3-12(2)10(16)15(11(17)18-12)9-5-7(13)4-8(14)6-9;1-6(2)10(17)15-7-3-4-9(16(18)19)8(5-7)11(12,13)14;1-6-3-2-5-4(6)7/h3-8H,9-10H2,1-2H3;3-5,7H,6H2,1-2H3,(H,16,20);3-6H,1H2,2H3;3-6H,1-2H3,(H,15,17);2-3H,1H3,(H,5,7). The normalized spacial score (nSPS) is 14.5.